The Kier molecular flexibility index (Phi) is 5.29. The van der Waals surface area contributed by atoms with E-state index in [1.54, 1.807) is 14.2 Å². The molecule has 4 aromatic rings. The molecule has 7 nitrogen and oxygen atoms in total. The van der Waals surface area contributed by atoms with Crippen LogP contribution in [0.4, 0.5) is 0 Å². The van der Waals surface area contributed by atoms with Crippen LogP contribution in [0.25, 0.3) is 11.5 Å². The van der Waals surface area contributed by atoms with Gasteiger partial charge in [0.15, 0.2) is 5.82 Å². The fourth-order valence-electron chi connectivity index (χ4n) is 2.99. The molecule has 0 unspecified atom stereocenters. The Morgan fingerprint density at radius 2 is 1.69 bits per heavy atom. The van der Waals surface area contributed by atoms with Gasteiger partial charge in [0.1, 0.15) is 17.3 Å². The predicted octanol–water partition coefficient (Wildman–Crippen LogP) is 4.23. The van der Waals surface area contributed by atoms with E-state index < -0.39 is 0 Å². The van der Waals surface area contributed by atoms with Gasteiger partial charge in [-0.05, 0) is 48.9 Å². The zero-order valence-corrected chi connectivity index (χ0v) is 16.5. The number of methoxy groups -OCH3 is 2. The van der Waals surface area contributed by atoms with E-state index in [-0.39, 0.29) is 0 Å². The summed E-state index contributed by atoms with van der Waals surface area (Å²) < 4.78 is 21.7. The molecule has 0 atom stereocenters. The normalized spacial score (nSPS) is 10.9. The number of benzene rings is 2. The molecule has 148 valence electrons. The highest BCUT2D eigenvalue weighted by Crippen LogP contribution is 2.25. The van der Waals surface area contributed by atoms with E-state index in [0.717, 1.165) is 34.1 Å². The van der Waals surface area contributed by atoms with E-state index in [0.29, 0.717) is 30.4 Å². The molecule has 7 heteroatoms. The fourth-order valence-corrected chi connectivity index (χ4v) is 2.99. The van der Waals surface area contributed by atoms with E-state index in [1.807, 2.05) is 55.5 Å². The molecule has 0 bridgehead atoms. The lowest BCUT2D eigenvalue weighted by Gasteiger charge is -2.01. The van der Waals surface area contributed by atoms with Gasteiger partial charge in [-0.15, -0.1) is 0 Å². The molecule has 29 heavy (non-hydrogen) atoms. The molecule has 0 fully saturated rings. The maximum absolute atomic E-state index is 5.82. The number of hydrogen-bond acceptors (Lipinski definition) is 7. The van der Waals surface area contributed by atoms with E-state index in [1.165, 1.54) is 0 Å². The van der Waals surface area contributed by atoms with Crippen LogP contribution in [0, 0.1) is 6.92 Å². The Balaban J connectivity index is 1.47. The average Bonchev–Trinajstić information content (AvgIpc) is 3.35. The van der Waals surface area contributed by atoms with Crippen LogP contribution < -0.4 is 9.47 Å². The predicted molar refractivity (Wildman–Crippen MR) is 106 cm³/mol. The van der Waals surface area contributed by atoms with E-state index >= 15 is 0 Å². The smallest absolute Gasteiger partial charge is 0.231 e. The minimum absolute atomic E-state index is 0.438. The third-order valence-electron chi connectivity index (χ3n) is 4.55. The molecule has 0 radical (unpaired) electrons. The van der Waals surface area contributed by atoms with Gasteiger partial charge in [0.05, 0.1) is 32.8 Å². The van der Waals surface area contributed by atoms with Crippen LogP contribution in [0.3, 0.4) is 0 Å². The van der Waals surface area contributed by atoms with Crippen LogP contribution in [0.2, 0.25) is 0 Å². The van der Waals surface area contributed by atoms with Crippen molar-refractivity contribution in [1.82, 2.24) is 15.1 Å². The first kappa shape index (κ1) is 18.7. The Labute approximate surface area is 168 Å². The van der Waals surface area contributed by atoms with Crippen LogP contribution in [-0.4, -0.2) is 29.3 Å². The summed E-state index contributed by atoms with van der Waals surface area (Å²) in [4.78, 5) is 9.09. The van der Waals surface area contributed by atoms with E-state index in [9.17, 15) is 0 Å². The van der Waals surface area contributed by atoms with E-state index in [2.05, 4.69) is 15.1 Å². The zero-order valence-electron chi connectivity index (χ0n) is 16.5. The van der Waals surface area contributed by atoms with Crippen LogP contribution >= 0.6 is 0 Å². The van der Waals surface area contributed by atoms with Crippen molar-refractivity contribution in [2.75, 3.05) is 14.2 Å². The summed E-state index contributed by atoms with van der Waals surface area (Å²) in [5.74, 6) is 3.99. The number of aromatic nitrogens is 3. The van der Waals surface area contributed by atoms with Crippen molar-refractivity contribution in [2.45, 2.75) is 19.8 Å². The number of aryl methyl sites for hydroxylation is 1. The topological polar surface area (TPSA) is 83.4 Å². The van der Waals surface area contributed by atoms with Crippen LogP contribution in [0.5, 0.6) is 11.5 Å². The molecular weight excluding hydrogens is 370 g/mol. The van der Waals surface area contributed by atoms with Crippen LogP contribution in [-0.2, 0) is 12.8 Å². The summed E-state index contributed by atoms with van der Waals surface area (Å²) in [5, 5.41) is 4.08. The summed E-state index contributed by atoms with van der Waals surface area (Å²) in [5.41, 5.74) is 2.70. The number of nitrogens with zero attached hydrogens (tertiary/aromatic N) is 3. The lowest BCUT2D eigenvalue weighted by Crippen LogP contribution is -1.95. The van der Waals surface area contributed by atoms with Crippen molar-refractivity contribution in [3.05, 3.63) is 77.3 Å². The largest absolute Gasteiger partial charge is 0.497 e. The molecule has 0 spiro atoms. The maximum atomic E-state index is 5.82. The van der Waals surface area contributed by atoms with Crippen LogP contribution in [0.1, 0.15) is 28.7 Å². The molecule has 0 aliphatic heterocycles. The molecule has 4 rings (SSSR count). The number of rotatable bonds is 7. The van der Waals surface area contributed by atoms with Crippen molar-refractivity contribution in [3.63, 3.8) is 0 Å². The van der Waals surface area contributed by atoms with Crippen LogP contribution in [0.15, 0.2) is 57.5 Å². The van der Waals surface area contributed by atoms with Crippen molar-refractivity contribution in [1.29, 1.82) is 0 Å². The van der Waals surface area contributed by atoms with Gasteiger partial charge in [0, 0.05) is 5.56 Å². The average molecular weight is 391 g/mol. The lowest BCUT2D eigenvalue weighted by atomic mass is 10.1. The lowest BCUT2D eigenvalue weighted by molar-refractivity contribution is 0.379. The molecule has 0 aliphatic carbocycles. The Morgan fingerprint density at radius 1 is 0.897 bits per heavy atom. The highest BCUT2D eigenvalue weighted by molar-refractivity contribution is 5.55. The Hall–Kier alpha value is -3.61. The molecule has 0 aliphatic rings. The Bertz CT molecular complexity index is 1100. The molecule has 0 saturated carbocycles. The second-order valence-electron chi connectivity index (χ2n) is 6.56. The van der Waals surface area contributed by atoms with Crippen molar-refractivity contribution in [2.24, 2.45) is 0 Å². The summed E-state index contributed by atoms with van der Waals surface area (Å²) in [6, 6.07) is 15.4. The molecular formula is C22H21N3O4. The first-order valence-electron chi connectivity index (χ1n) is 9.19. The summed E-state index contributed by atoms with van der Waals surface area (Å²) >= 11 is 0. The molecule has 0 N–H and O–H groups in total. The third kappa shape index (κ3) is 4.29. The Morgan fingerprint density at radius 3 is 2.45 bits per heavy atom. The molecule has 2 aromatic heterocycles. The first-order valence-corrected chi connectivity index (χ1v) is 9.19. The number of oxazole rings is 1. The standard InChI is InChI=1S/C22H21N3O4/c1-14-19(23-22(28-14)16-7-9-17(26-2)10-8-16)13-20-24-21(29-25-20)12-15-5-4-6-18(11-15)27-3/h4-11H,12-13H2,1-3H3. The van der Waals surface area contributed by atoms with Gasteiger partial charge < -0.3 is 18.4 Å². The van der Waals surface area contributed by atoms with Crippen molar-refractivity contribution < 1.29 is 18.4 Å². The minimum atomic E-state index is 0.438. The second-order valence-corrected chi connectivity index (χ2v) is 6.56. The van der Waals surface area contributed by atoms with Gasteiger partial charge in [-0.3, -0.25) is 0 Å². The molecule has 2 aromatic carbocycles. The van der Waals surface area contributed by atoms with Crippen molar-refractivity contribution >= 4 is 0 Å². The van der Waals surface area contributed by atoms with Gasteiger partial charge in [-0.2, -0.15) is 4.98 Å². The van der Waals surface area contributed by atoms with Gasteiger partial charge in [-0.1, -0.05) is 17.3 Å². The minimum Gasteiger partial charge on any atom is -0.497 e. The first-order chi connectivity index (χ1) is 14.1. The second kappa shape index (κ2) is 8.18. The summed E-state index contributed by atoms with van der Waals surface area (Å²) in [6.45, 7) is 1.88. The van der Waals surface area contributed by atoms with Crippen molar-refractivity contribution in [3.8, 4) is 23.0 Å². The molecule has 2 heterocycles. The van der Waals surface area contributed by atoms with E-state index in [4.69, 9.17) is 18.4 Å². The monoisotopic (exact) mass is 391 g/mol. The molecule has 0 amide bonds. The SMILES string of the molecule is COc1ccc(-c2nc(Cc3noc(Cc4cccc(OC)c4)n3)c(C)o2)cc1. The van der Waals surface area contributed by atoms with Gasteiger partial charge in [-0.25, -0.2) is 4.98 Å². The van der Waals surface area contributed by atoms with Gasteiger partial charge >= 0.3 is 0 Å². The quantitative estimate of drug-likeness (QED) is 0.466. The zero-order chi connectivity index (χ0) is 20.2. The fraction of sp³-hybridized carbons (Fsp3) is 0.227. The summed E-state index contributed by atoms with van der Waals surface area (Å²) in [7, 11) is 3.28. The molecule has 0 saturated heterocycles. The highest BCUT2D eigenvalue weighted by atomic mass is 16.5. The third-order valence-corrected chi connectivity index (χ3v) is 4.55. The number of ether oxygens (including phenoxy) is 2. The van der Waals surface area contributed by atoms with Gasteiger partial charge in [0.2, 0.25) is 11.8 Å². The maximum Gasteiger partial charge on any atom is 0.231 e. The highest BCUT2D eigenvalue weighted by Gasteiger charge is 2.15. The van der Waals surface area contributed by atoms with Gasteiger partial charge in [0.25, 0.3) is 0 Å². The number of hydrogen-bond donors (Lipinski definition) is 0. The summed E-state index contributed by atoms with van der Waals surface area (Å²) in [6.07, 6.45) is 0.978.